The lowest BCUT2D eigenvalue weighted by atomic mass is 10.1. The maximum absolute atomic E-state index is 5.71. The van der Waals surface area contributed by atoms with E-state index in [0.29, 0.717) is 17.7 Å². The van der Waals surface area contributed by atoms with Gasteiger partial charge >= 0.3 is 0 Å². The Morgan fingerprint density at radius 1 is 1.64 bits per heavy atom. The van der Waals surface area contributed by atoms with E-state index < -0.39 is 0 Å². The molecular weight excluding hydrogens is 198 g/mol. The van der Waals surface area contributed by atoms with E-state index in [1.807, 2.05) is 12.1 Å². The second-order valence-electron chi connectivity index (χ2n) is 3.16. The molecule has 0 fully saturated rings. The predicted molar refractivity (Wildman–Crippen MR) is 61.7 cm³/mol. The first kappa shape index (κ1) is 11.1. The summed E-state index contributed by atoms with van der Waals surface area (Å²) in [6, 6.07) is 4.17. The van der Waals surface area contributed by atoms with Crippen LogP contribution in [0.3, 0.4) is 0 Å². The monoisotopic (exact) mass is 213 g/mol. The summed E-state index contributed by atoms with van der Waals surface area (Å²) in [5, 5.41) is 3.33. The quantitative estimate of drug-likeness (QED) is 0.739. The third-order valence-corrected chi connectivity index (χ3v) is 2.37. The Bertz CT molecular complexity index is 278. The lowest BCUT2D eigenvalue weighted by molar-refractivity contribution is 0.675. The summed E-state index contributed by atoms with van der Waals surface area (Å²) in [6.45, 7) is 2.12. The zero-order chi connectivity index (χ0) is 10.4. The summed E-state index contributed by atoms with van der Waals surface area (Å²) in [5.41, 5.74) is 6.61. The zero-order valence-electron chi connectivity index (χ0n) is 8.33. The number of pyridine rings is 1. The van der Waals surface area contributed by atoms with Crippen molar-refractivity contribution < 1.29 is 0 Å². The van der Waals surface area contributed by atoms with E-state index in [9.17, 15) is 0 Å². The van der Waals surface area contributed by atoms with Gasteiger partial charge in [0, 0.05) is 18.1 Å². The second-order valence-corrected chi connectivity index (χ2v) is 3.54. The average Bonchev–Trinajstić information content (AvgIpc) is 2.20. The second kappa shape index (κ2) is 5.70. The van der Waals surface area contributed by atoms with Crippen LogP contribution in [0.15, 0.2) is 18.3 Å². The molecule has 3 nitrogen and oxygen atoms in total. The molecule has 1 aromatic heterocycles. The molecule has 14 heavy (non-hydrogen) atoms. The number of rotatable bonds is 5. The van der Waals surface area contributed by atoms with Crippen molar-refractivity contribution >= 4 is 23.1 Å². The lowest BCUT2D eigenvalue weighted by Gasteiger charge is -2.17. The summed E-state index contributed by atoms with van der Waals surface area (Å²) in [7, 11) is 0. The Hall–Kier alpha value is -0.960. The number of nitrogens with two attached hydrogens (primary N) is 1. The van der Waals surface area contributed by atoms with Crippen LogP contribution in [0.5, 0.6) is 0 Å². The third-order valence-electron chi connectivity index (χ3n) is 2.15. The van der Waals surface area contributed by atoms with Crippen LogP contribution < -0.4 is 11.1 Å². The van der Waals surface area contributed by atoms with Crippen molar-refractivity contribution in [2.24, 2.45) is 0 Å². The van der Waals surface area contributed by atoms with E-state index in [0.717, 1.165) is 18.5 Å². The summed E-state index contributed by atoms with van der Waals surface area (Å²) in [4.78, 5) is 4.01. The van der Waals surface area contributed by atoms with Gasteiger partial charge in [-0.25, -0.2) is 4.98 Å². The number of anilines is 2. The van der Waals surface area contributed by atoms with Gasteiger partial charge in [0.05, 0.1) is 5.69 Å². The maximum Gasteiger partial charge on any atom is 0.146 e. The molecule has 78 valence electrons. The molecule has 1 heterocycles. The van der Waals surface area contributed by atoms with Crippen LogP contribution >= 0.6 is 11.6 Å². The van der Waals surface area contributed by atoms with Crippen LogP contribution in [-0.2, 0) is 0 Å². The average molecular weight is 214 g/mol. The van der Waals surface area contributed by atoms with Gasteiger partial charge in [0.25, 0.3) is 0 Å². The van der Waals surface area contributed by atoms with E-state index in [2.05, 4.69) is 17.2 Å². The molecular formula is C10H16ClN3. The topological polar surface area (TPSA) is 50.9 Å². The number of hydrogen-bond donors (Lipinski definition) is 2. The third kappa shape index (κ3) is 3.07. The molecule has 0 spiro atoms. The minimum atomic E-state index is 0.374. The first-order chi connectivity index (χ1) is 6.77. The summed E-state index contributed by atoms with van der Waals surface area (Å²) < 4.78 is 0. The van der Waals surface area contributed by atoms with Crippen molar-refractivity contribution in [1.29, 1.82) is 0 Å². The molecule has 1 aromatic rings. The molecule has 1 unspecified atom stereocenters. The molecule has 0 aromatic carbocycles. The van der Waals surface area contributed by atoms with Crippen LogP contribution in [0.1, 0.15) is 19.8 Å². The van der Waals surface area contributed by atoms with Gasteiger partial charge in [0.15, 0.2) is 0 Å². The smallest absolute Gasteiger partial charge is 0.146 e. The molecule has 1 atom stereocenters. The number of nitrogens with one attached hydrogen (secondary N) is 1. The van der Waals surface area contributed by atoms with Crippen molar-refractivity contribution in [3.63, 3.8) is 0 Å². The van der Waals surface area contributed by atoms with Gasteiger partial charge in [-0.15, -0.1) is 11.6 Å². The fraction of sp³-hybridized carbons (Fsp3) is 0.500. The van der Waals surface area contributed by atoms with Crippen molar-refractivity contribution in [3.05, 3.63) is 18.3 Å². The van der Waals surface area contributed by atoms with Crippen molar-refractivity contribution in [2.75, 3.05) is 16.9 Å². The van der Waals surface area contributed by atoms with Gasteiger partial charge in [-0.3, -0.25) is 0 Å². The first-order valence-corrected chi connectivity index (χ1v) is 5.34. The van der Waals surface area contributed by atoms with Crippen molar-refractivity contribution in [3.8, 4) is 0 Å². The Morgan fingerprint density at radius 2 is 2.43 bits per heavy atom. The van der Waals surface area contributed by atoms with E-state index in [4.69, 9.17) is 17.3 Å². The fourth-order valence-corrected chi connectivity index (χ4v) is 1.53. The maximum atomic E-state index is 5.71. The van der Waals surface area contributed by atoms with E-state index in [1.165, 1.54) is 0 Å². The van der Waals surface area contributed by atoms with Gasteiger partial charge in [-0.2, -0.15) is 0 Å². The number of halogens is 1. The van der Waals surface area contributed by atoms with Crippen molar-refractivity contribution in [2.45, 2.75) is 25.8 Å². The van der Waals surface area contributed by atoms with Gasteiger partial charge in [0.1, 0.15) is 5.82 Å². The van der Waals surface area contributed by atoms with Gasteiger partial charge < -0.3 is 11.1 Å². The Morgan fingerprint density at radius 3 is 3.00 bits per heavy atom. The molecule has 1 rings (SSSR count). The molecule has 0 aliphatic heterocycles. The highest BCUT2D eigenvalue weighted by Crippen LogP contribution is 2.17. The van der Waals surface area contributed by atoms with E-state index in [-0.39, 0.29) is 0 Å². The minimum absolute atomic E-state index is 0.374. The number of nitrogen functional groups attached to an aromatic ring is 1. The van der Waals surface area contributed by atoms with Crippen LogP contribution in [0.25, 0.3) is 0 Å². The highest BCUT2D eigenvalue weighted by molar-refractivity contribution is 6.17. The summed E-state index contributed by atoms with van der Waals surface area (Å²) in [6.07, 6.45) is 3.65. The van der Waals surface area contributed by atoms with E-state index >= 15 is 0 Å². The van der Waals surface area contributed by atoms with Crippen LogP contribution in [0.2, 0.25) is 0 Å². The predicted octanol–water partition coefficient (Wildman–Crippen LogP) is 2.48. The largest absolute Gasteiger partial charge is 0.382 e. The Balaban J connectivity index is 2.62. The Labute approximate surface area is 89.7 Å². The Kier molecular flexibility index (Phi) is 4.53. The number of alkyl halides is 1. The SMILES string of the molecule is CCC(CCCl)Nc1cccnc1N. The molecule has 0 aliphatic rings. The highest BCUT2D eigenvalue weighted by Gasteiger charge is 2.06. The molecule has 4 heteroatoms. The van der Waals surface area contributed by atoms with Gasteiger partial charge in [-0.05, 0) is 25.0 Å². The molecule has 0 bridgehead atoms. The first-order valence-electron chi connectivity index (χ1n) is 4.81. The molecule has 0 radical (unpaired) electrons. The van der Waals surface area contributed by atoms with E-state index in [1.54, 1.807) is 6.20 Å². The normalized spacial score (nSPS) is 12.4. The van der Waals surface area contributed by atoms with Crippen LogP contribution in [-0.4, -0.2) is 16.9 Å². The fourth-order valence-electron chi connectivity index (χ4n) is 1.27. The number of nitrogens with zero attached hydrogens (tertiary/aromatic N) is 1. The highest BCUT2D eigenvalue weighted by atomic mass is 35.5. The van der Waals surface area contributed by atoms with Gasteiger partial charge in [-0.1, -0.05) is 6.92 Å². The summed E-state index contributed by atoms with van der Waals surface area (Å²) in [5.74, 6) is 1.20. The molecule has 0 aliphatic carbocycles. The number of hydrogen-bond acceptors (Lipinski definition) is 3. The minimum Gasteiger partial charge on any atom is -0.382 e. The molecule has 0 saturated heterocycles. The van der Waals surface area contributed by atoms with Crippen molar-refractivity contribution in [1.82, 2.24) is 4.98 Å². The summed E-state index contributed by atoms with van der Waals surface area (Å²) >= 11 is 5.69. The van der Waals surface area contributed by atoms with Crippen LogP contribution in [0.4, 0.5) is 11.5 Å². The lowest BCUT2D eigenvalue weighted by Crippen LogP contribution is -2.19. The zero-order valence-corrected chi connectivity index (χ0v) is 9.09. The van der Waals surface area contributed by atoms with Crippen LogP contribution in [0, 0.1) is 0 Å². The molecule has 0 saturated carbocycles. The molecule has 0 amide bonds. The van der Waals surface area contributed by atoms with Gasteiger partial charge in [0.2, 0.25) is 0 Å². The standard InChI is InChI=1S/C10H16ClN3/c1-2-8(5-6-11)14-9-4-3-7-13-10(9)12/h3-4,7-8,14H,2,5-6H2,1H3,(H2,12,13). The number of aromatic nitrogens is 1. The molecule has 3 N–H and O–H groups in total.